The van der Waals surface area contributed by atoms with Gasteiger partial charge in [0.25, 0.3) is 0 Å². The highest BCUT2D eigenvalue weighted by Crippen LogP contribution is 2.10. The van der Waals surface area contributed by atoms with E-state index < -0.39 is 11.8 Å². The van der Waals surface area contributed by atoms with Crippen molar-refractivity contribution in [2.45, 2.75) is 19.9 Å². The molecule has 1 unspecified atom stereocenters. The van der Waals surface area contributed by atoms with E-state index >= 15 is 0 Å². The maximum absolute atomic E-state index is 13.3. The van der Waals surface area contributed by atoms with Crippen LogP contribution in [-0.4, -0.2) is 25.0 Å². The van der Waals surface area contributed by atoms with Gasteiger partial charge in [-0.05, 0) is 48.7 Å². The van der Waals surface area contributed by atoms with Crippen molar-refractivity contribution in [3.63, 3.8) is 0 Å². The second kappa shape index (κ2) is 12.3. The van der Waals surface area contributed by atoms with Gasteiger partial charge in [-0.1, -0.05) is 24.3 Å². The second-order valence-corrected chi connectivity index (χ2v) is 6.14. The Kier molecular flexibility index (Phi) is 10.4. The molecular weight excluding hydrogens is 477 g/mol. The molecule has 0 heterocycles. The lowest BCUT2D eigenvalue weighted by atomic mass is 9.98. The SMILES string of the molecule is CCNC(=NCc1cccc(F)c1)NCC(Cc1ccc(F)cc1)C(N)=O.I. The molecule has 28 heavy (non-hydrogen) atoms. The van der Waals surface area contributed by atoms with Gasteiger partial charge in [-0.2, -0.15) is 0 Å². The van der Waals surface area contributed by atoms with Gasteiger partial charge in [0, 0.05) is 13.1 Å². The largest absolute Gasteiger partial charge is 0.369 e. The van der Waals surface area contributed by atoms with Gasteiger partial charge in [-0.15, -0.1) is 24.0 Å². The Bertz CT molecular complexity index is 784. The lowest BCUT2D eigenvalue weighted by molar-refractivity contribution is -0.121. The number of carbonyl (C=O) groups excluding carboxylic acids is 1. The van der Waals surface area contributed by atoms with Crippen LogP contribution in [0.2, 0.25) is 0 Å². The Hall–Kier alpha value is -2.23. The summed E-state index contributed by atoms with van der Waals surface area (Å²) in [6.07, 6.45) is 0.395. The van der Waals surface area contributed by atoms with E-state index in [2.05, 4.69) is 15.6 Å². The molecule has 0 aliphatic rings. The molecule has 0 bridgehead atoms. The van der Waals surface area contributed by atoms with E-state index in [0.717, 1.165) is 11.1 Å². The molecule has 4 N–H and O–H groups in total. The molecule has 152 valence electrons. The summed E-state index contributed by atoms with van der Waals surface area (Å²) in [5, 5.41) is 6.17. The number of hydrogen-bond donors (Lipinski definition) is 3. The molecule has 1 amide bonds. The average Bonchev–Trinajstić information content (AvgIpc) is 2.64. The summed E-state index contributed by atoms with van der Waals surface area (Å²) >= 11 is 0. The molecule has 0 fully saturated rings. The molecule has 8 heteroatoms. The minimum atomic E-state index is -0.478. The third-order valence-electron chi connectivity index (χ3n) is 3.97. The van der Waals surface area contributed by atoms with Gasteiger partial charge in [0.2, 0.25) is 5.91 Å². The topological polar surface area (TPSA) is 79.5 Å². The maximum Gasteiger partial charge on any atom is 0.222 e. The fraction of sp³-hybridized carbons (Fsp3) is 0.300. The van der Waals surface area contributed by atoms with Gasteiger partial charge < -0.3 is 16.4 Å². The van der Waals surface area contributed by atoms with Crippen LogP contribution >= 0.6 is 24.0 Å². The zero-order valence-corrected chi connectivity index (χ0v) is 18.0. The van der Waals surface area contributed by atoms with Crippen molar-refractivity contribution in [2.75, 3.05) is 13.1 Å². The van der Waals surface area contributed by atoms with Gasteiger partial charge in [0.05, 0.1) is 12.5 Å². The van der Waals surface area contributed by atoms with Crippen molar-refractivity contribution in [3.8, 4) is 0 Å². The number of nitrogens with one attached hydrogen (secondary N) is 2. The normalized spacial score (nSPS) is 12.0. The van der Waals surface area contributed by atoms with E-state index in [-0.39, 0.29) is 42.2 Å². The van der Waals surface area contributed by atoms with E-state index in [4.69, 9.17) is 5.73 Å². The van der Waals surface area contributed by atoms with Crippen molar-refractivity contribution in [1.82, 2.24) is 10.6 Å². The van der Waals surface area contributed by atoms with Crippen LogP contribution < -0.4 is 16.4 Å². The Balaban J connectivity index is 0.00000392. The minimum Gasteiger partial charge on any atom is -0.369 e. The van der Waals surface area contributed by atoms with Gasteiger partial charge in [0.15, 0.2) is 5.96 Å². The van der Waals surface area contributed by atoms with Crippen molar-refractivity contribution in [1.29, 1.82) is 0 Å². The number of aliphatic imine (C=N–C) groups is 1. The van der Waals surface area contributed by atoms with Gasteiger partial charge >= 0.3 is 0 Å². The lowest BCUT2D eigenvalue weighted by Gasteiger charge is -2.17. The molecule has 2 aromatic rings. The number of primary amides is 1. The highest BCUT2D eigenvalue weighted by molar-refractivity contribution is 14.0. The van der Waals surface area contributed by atoms with Crippen LogP contribution in [0.4, 0.5) is 8.78 Å². The van der Waals surface area contributed by atoms with Crippen LogP contribution in [0.1, 0.15) is 18.1 Å². The third kappa shape index (κ3) is 8.20. The molecular formula is C20H25F2IN4O. The monoisotopic (exact) mass is 502 g/mol. The van der Waals surface area contributed by atoms with Crippen molar-refractivity contribution < 1.29 is 13.6 Å². The average molecular weight is 502 g/mol. The molecule has 2 aromatic carbocycles. The van der Waals surface area contributed by atoms with Gasteiger partial charge in [0.1, 0.15) is 11.6 Å². The molecule has 1 atom stereocenters. The zero-order valence-electron chi connectivity index (χ0n) is 15.6. The molecule has 0 saturated carbocycles. The van der Waals surface area contributed by atoms with Crippen LogP contribution in [0.25, 0.3) is 0 Å². The summed E-state index contributed by atoms with van der Waals surface area (Å²) in [5.74, 6) is -1.06. The van der Waals surface area contributed by atoms with Gasteiger partial charge in [-0.3, -0.25) is 4.79 Å². The number of halogens is 3. The fourth-order valence-corrected chi connectivity index (χ4v) is 2.55. The molecule has 0 aliphatic heterocycles. The minimum absolute atomic E-state index is 0. The first-order chi connectivity index (χ1) is 13.0. The number of hydrogen-bond acceptors (Lipinski definition) is 2. The van der Waals surface area contributed by atoms with Crippen LogP contribution in [0.15, 0.2) is 53.5 Å². The summed E-state index contributed by atoms with van der Waals surface area (Å²) in [7, 11) is 0. The van der Waals surface area contributed by atoms with Crippen LogP contribution in [0.5, 0.6) is 0 Å². The Labute approximate surface area is 180 Å². The van der Waals surface area contributed by atoms with E-state index in [1.807, 2.05) is 6.92 Å². The predicted molar refractivity (Wildman–Crippen MR) is 117 cm³/mol. The molecule has 0 aromatic heterocycles. The fourth-order valence-electron chi connectivity index (χ4n) is 2.55. The molecule has 0 spiro atoms. The Morgan fingerprint density at radius 2 is 1.79 bits per heavy atom. The first-order valence-corrected chi connectivity index (χ1v) is 8.78. The number of amides is 1. The highest BCUT2D eigenvalue weighted by Gasteiger charge is 2.16. The summed E-state index contributed by atoms with van der Waals surface area (Å²) in [6, 6.07) is 12.2. The predicted octanol–water partition coefficient (Wildman–Crippen LogP) is 2.98. The number of rotatable bonds is 8. The second-order valence-electron chi connectivity index (χ2n) is 6.14. The zero-order chi connectivity index (χ0) is 19.6. The van der Waals surface area contributed by atoms with E-state index in [1.54, 1.807) is 24.3 Å². The Morgan fingerprint density at radius 3 is 2.39 bits per heavy atom. The smallest absolute Gasteiger partial charge is 0.222 e. The van der Waals surface area contributed by atoms with E-state index in [9.17, 15) is 13.6 Å². The van der Waals surface area contributed by atoms with Crippen LogP contribution in [0.3, 0.4) is 0 Å². The van der Waals surface area contributed by atoms with Crippen molar-refractivity contribution in [3.05, 3.63) is 71.3 Å². The van der Waals surface area contributed by atoms with Crippen LogP contribution in [0, 0.1) is 17.6 Å². The van der Waals surface area contributed by atoms with Crippen molar-refractivity contribution in [2.24, 2.45) is 16.6 Å². The molecule has 0 aliphatic carbocycles. The highest BCUT2D eigenvalue weighted by atomic mass is 127. The molecule has 0 saturated heterocycles. The van der Waals surface area contributed by atoms with E-state index in [0.29, 0.717) is 25.5 Å². The maximum atomic E-state index is 13.3. The first-order valence-electron chi connectivity index (χ1n) is 8.78. The number of benzene rings is 2. The molecule has 2 rings (SSSR count). The number of nitrogens with zero attached hydrogens (tertiary/aromatic N) is 1. The molecule has 0 radical (unpaired) electrons. The summed E-state index contributed by atoms with van der Waals surface area (Å²) in [6.45, 7) is 3.13. The number of guanidine groups is 1. The number of nitrogens with two attached hydrogens (primary N) is 1. The number of carbonyl (C=O) groups is 1. The summed E-state index contributed by atoms with van der Waals surface area (Å²) < 4.78 is 26.3. The first kappa shape index (κ1) is 23.8. The van der Waals surface area contributed by atoms with Crippen LogP contribution in [-0.2, 0) is 17.8 Å². The standard InChI is InChI=1S/C20H24F2N4O.HI/c1-2-24-20(25-12-15-4-3-5-18(22)11-15)26-13-16(19(23)27)10-14-6-8-17(21)9-7-14;/h3-9,11,16H,2,10,12-13H2,1H3,(H2,23,27)(H2,24,25,26);1H. The van der Waals surface area contributed by atoms with Crippen molar-refractivity contribution >= 4 is 35.8 Å². The van der Waals surface area contributed by atoms with E-state index in [1.165, 1.54) is 24.3 Å². The lowest BCUT2D eigenvalue weighted by Crippen LogP contribution is -2.43. The Morgan fingerprint density at radius 1 is 1.07 bits per heavy atom. The summed E-state index contributed by atoms with van der Waals surface area (Å²) in [5.41, 5.74) is 7.06. The van der Waals surface area contributed by atoms with Gasteiger partial charge in [-0.25, -0.2) is 13.8 Å². The molecule has 5 nitrogen and oxygen atoms in total. The summed E-state index contributed by atoms with van der Waals surface area (Å²) in [4.78, 5) is 16.2. The third-order valence-corrected chi connectivity index (χ3v) is 3.97. The quantitative estimate of drug-likeness (QED) is 0.295.